The standard InChI is InChI=1S/C20H31N5O6S/c21-11-5-2-6-12-22-20(29)23-14-16(19(27)28)24-18(26)17-10-7-13-25(17)32(30,31)15-8-3-1-4-9-15/h1,3-4,8-9,16-17H,2,5-7,10-14,21H2,(H,24,26)(H,27,28)(H2,22,23,29)/t16?,17-/m0/s1. The number of nitrogens with zero attached hydrogens (tertiary/aromatic N) is 1. The molecule has 0 radical (unpaired) electrons. The number of nitrogens with one attached hydrogen (secondary N) is 3. The monoisotopic (exact) mass is 469 g/mol. The van der Waals surface area contributed by atoms with Gasteiger partial charge in [-0.2, -0.15) is 4.31 Å². The average molecular weight is 470 g/mol. The minimum atomic E-state index is -3.89. The molecule has 2 atom stereocenters. The summed E-state index contributed by atoms with van der Waals surface area (Å²) in [6, 6.07) is 4.80. The SMILES string of the molecule is NCCCCCNC(=O)NCC(NC(=O)[C@@H]1CCCN1S(=O)(=O)c1ccccc1)C(=O)O. The zero-order valence-electron chi connectivity index (χ0n) is 17.8. The number of sulfonamides is 1. The third kappa shape index (κ3) is 7.18. The number of amides is 3. The molecule has 1 fully saturated rings. The van der Waals surface area contributed by atoms with Crippen molar-refractivity contribution in [2.45, 2.75) is 49.1 Å². The smallest absolute Gasteiger partial charge is 0.328 e. The zero-order chi connectivity index (χ0) is 23.6. The molecule has 3 amide bonds. The highest BCUT2D eigenvalue weighted by Crippen LogP contribution is 2.26. The van der Waals surface area contributed by atoms with Crippen LogP contribution in [-0.2, 0) is 19.6 Å². The molecule has 2 rings (SSSR count). The number of nitrogens with two attached hydrogens (primary N) is 1. The predicted octanol–water partition coefficient (Wildman–Crippen LogP) is -0.163. The second-order valence-electron chi connectivity index (χ2n) is 7.47. The van der Waals surface area contributed by atoms with Crippen molar-refractivity contribution in [3.8, 4) is 0 Å². The number of rotatable bonds is 12. The molecule has 0 spiro atoms. The molecule has 0 aliphatic carbocycles. The number of aliphatic carboxylic acids is 1. The maximum Gasteiger partial charge on any atom is 0.328 e. The Kier molecular flexibility index (Phi) is 9.88. The first-order valence-electron chi connectivity index (χ1n) is 10.6. The molecule has 1 saturated heterocycles. The van der Waals surface area contributed by atoms with Gasteiger partial charge in [0, 0.05) is 13.1 Å². The van der Waals surface area contributed by atoms with Gasteiger partial charge in [0.25, 0.3) is 0 Å². The van der Waals surface area contributed by atoms with Crippen LogP contribution in [0.2, 0.25) is 0 Å². The maximum absolute atomic E-state index is 12.9. The molecule has 0 aromatic heterocycles. The first kappa shape index (κ1) is 25.6. The highest BCUT2D eigenvalue weighted by Gasteiger charge is 2.40. The Balaban J connectivity index is 1.93. The van der Waals surface area contributed by atoms with Gasteiger partial charge in [0.1, 0.15) is 12.1 Å². The Morgan fingerprint density at radius 2 is 1.84 bits per heavy atom. The first-order valence-corrected chi connectivity index (χ1v) is 12.0. The lowest BCUT2D eigenvalue weighted by atomic mass is 10.2. The van der Waals surface area contributed by atoms with Gasteiger partial charge in [-0.3, -0.25) is 4.79 Å². The summed E-state index contributed by atoms with van der Waals surface area (Å²) in [7, 11) is -3.89. The van der Waals surface area contributed by atoms with Crippen molar-refractivity contribution in [1.82, 2.24) is 20.3 Å². The molecule has 32 heavy (non-hydrogen) atoms. The van der Waals surface area contributed by atoms with Gasteiger partial charge >= 0.3 is 12.0 Å². The summed E-state index contributed by atoms with van der Waals surface area (Å²) in [5.74, 6) is -2.05. The Labute approximate surface area is 187 Å². The van der Waals surface area contributed by atoms with E-state index in [4.69, 9.17) is 5.73 Å². The van der Waals surface area contributed by atoms with Crippen LogP contribution in [0.4, 0.5) is 4.79 Å². The van der Waals surface area contributed by atoms with Gasteiger partial charge in [-0.05, 0) is 44.4 Å². The van der Waals surface area contributed by atoms with Crippen molar-refractivity contribution in [1.29, 1.82) is 0 Å². The van der Waals surface area contributed by atoms with Crippen molar-refractivity contribution in [3.63, 3.8) is 0 Å². The quantitative estimate of drug-likeness (QED) is 0.265. The summed E-state index contributed by atoms with van der Waals surface area (Å²) < 4.78 is 26.9. The molecular weight excluding hydrogens is 438 g/mol. The lowest BCUT2D eigenvalue weighted by molar-refractivity contribution is -0.142. The van der Waals surface area contributed by atoms with Gasteiger partial charge in [-0.15, -0.1) is 0 Å². The normalized spacial score (nSPS) is 17.5. The van der Waals surface area contributed by atoms with Crippen LogP contribution in [0.3, 0.4) is 0 Å². The predicted molar refractivity (Wildman–Crippen MR) is 117 cm³/mol. The molecule has 0 bridgehead atoms. The van der Waals surface area contributed by atoms with Gasteiger partial charge in [-0.1, -0.05) is 24.6 Å². The first-order chi connectivity index (χ1) is 15.3. The number of benzene rings is 1. The number of carbonyl (C=O) groups is 3. The van der Waals surface area contributed by atoms with E-state index >= 15 is 0 Å². The van der Waals surface area contributed by atoms with Gasteiger partial charge in [0.2, 0.25) is 15.9 Å². The van der Waals surface area contributed by atoms with Crippen molar-refractivity contribution in [2.24, 2.45) is 5.73 Å². The van der Waals surface area contributed by atoms with Crippen molar-refractivity contribution < 1.29 is 27.9 Å². The average Bonchev–Trinajstić information content (AvgIpc) is 3.28. The molecule has 1 aromatic rings. The molecule has 6 N–H and O–H groups in total. The van der Waals surface area contributed by atoms with Gasteiger partial charge < -0.3 is 26.8 Å². The van der Waals surface area contributed by atoms with E-state index in [1.54, 1.807) is 18.2 Å². The van der Waals surface area contributed by atoms with Crippen LogP contribution < -0.4 is 21.7 Å². The summed E-state index contributed by atoms with van der Waals surface area (Å²) in [6.07, 6.45) is 3.23. The number of carboxylic acids is 1. The molecule has 178 valence electrons. The minimum absolute atomic E-state index is 0.0688. The molecule has 0 saturated carbocycles. The van der Waals surface area contributed by atoms with E-state index in [2.05, 4.69) is 16.0 Å². The second-order valence-corrected chi connectivity index (χ2v) is 9.36. The molecule has 1 aliphatic rings. The maximum atomic E-state index is 12.9. The summed E-state index contributed by atoms with van der Waals surface area (Å²) in [5, 5.41) is 16.8. The fraction of sp³-hybridized carbons (Fsp3) is 0.550. The zero-order valence-corrected chi connectivity index (χ0v) is 18.6. The van der Waals surface area contributed by atoms with Gasteiger partial charge in [-0.25, -0.2) is 18.0 Å². The molecule has 1 unspecified atom stereocenters. The van der Waals surface area contributed by atoms with Crippen LogP contribution in [0.1, 0.15) is 32.1 Å². The third-order valence-electron chi connectivity index (χ3n) is 5.10. The van der Waals surface area contributed by atoms with Crippen molar-refractivity contribution in [3.05, 3.63) is 30.3 Å². The summed E-state index contributed by atoms with van der Waals surface area (Å²) in [6.45, 7) is 0.827. The number of carbonyl (C=O) groups excluding carboxylic acids is 2. The van der Waals surface area contributed by atoms with Gasteiger partial charge in [0.05, 0.1) is 11.4 Å². The molecule has 1 heterocycles. The Morgan fingerprint density at radius 1 is 1.12 bits per heavy atom. The number of hydrogen-bond donors (Lipinski definition) is 5. The van der Waals surface area contributed by atoms with E-state index in [1.165, 1.54) is 12.1 Å². The summed E-state index contributed by atoms with van der Waals surface area (Å²) >= 11 is 0. The summed E-state index contributed by atoms with van der Waals surface area (Å²) in [5.41, 5.74) is 5.40. The fourth-order valence-electron chi connectivity index (χ4n) is 3.39. The molecule has 11 nitrogen and oxygen atoms in total. The molecule has 12 heteroatoms. The fourth-order valence-corrected chi connectivity index (χ4v) is 5.07. The number of hydrogen-bond acceptors (Lipinski definition) is 6. The largest absolute Gasteiger partial charge is 0.480 e. The van der Waals surface area contributed by atoms with Crippen LogP contribution >= 0.6 is 0 Å². The topological polar surface area (TPSA) is 171 Å². The van der Waals surface area contributed by atoms with Crippen molar-refractivity contribution >= 4 is 27.9 Å². The number of carboxylic acid groups (broad SMARTS) is 1. The highest BCUT2D eigenvalue weighted by molar-refractivity contribution is 7.89. The van der Waals surface area contributed by atoms with Crippen LogP contribution in [0.25, 0.3) is 0 Å². The van der Waals surface area contributed by atoms with E-state index in [9.17, 15) is 27.9 Å². The van der Waals surface area contributed by atoms with E-state index in [1.807, 2.05) is 0 Å². The Morgan fingerprint density at radius 3 is 2.50 bits per heavy atom. The van der Waals surface area contributed by atoms with Crippen LogP contribution in [0, 0.1) is 0 Å². The summed E-state index contributed by atoms with van der Waals surface area (Å²) in [4.78, 5) is 36.2. The van der Waals surface area contributed by atoms with Crippen LogP contribution in [0.15, 0.2) is 35.2 Å². The lowest BCUT2D eigenvalue weighted by Crippen LogP contribution is -2.54. The lowest BCUT2D eigenvalue weighted by Gasteiger charge is -2.25. The van der Waals surface area contributed by atoms with Crippen molar-refractivity contribution in [2.75, 3.05) is 26.2 Å². The molecule has 1 aromatic carbocycles. The van der Waals surface area contributed by atoms with Crippen LogP contribution in [0.5, 0.6) is 0 Å². The van der Waals surface area contributed by atoms with E-state index in [0.717, 1.165) is 23.6 Å². The highest BCUT2D eigenvalue weighted by atomic mass is 32.2. The number of urea groups is 1. The molecular formula is C20H31N5O6S. The van der Waals surface area contributed by atoms with Crippen LogP contribution in [-0.4, -0.2) is 74.0 Å². The Bertz CT molecular complexity index is 880. The Hall–Kier alpha value is -2.70. The van der Waals surface area contributed by atoms with E-state index in [-0.39, 0.29) is 24.4 Å². The van der Waals surface area contributed by atoms with E-state index in [0.29, 0.717) is 19.5 Å². The molecule has 1 aliphatic heterocycles. The second kappa shape index (κ2) is 12.4. The minimum Gasteiger partial charge on any atom is -0.480 e. The third-order valence-corrected chi connectivity index (χ3v) is 7.03. The van der Waals surface area contributed by atoms with E-state index < -0.39 is 40.0 Å². The van der Waals surface area contributed by atoms with Gasteiger partial charge in [0.15, 0.2) is 0 Å². The number of unbranched alkanes of at least 4 members (excludes halogenated alkanes) is 2.